The molecule has 0 unspecified atom stereocenters. The maximum atomic E-state index is 13.4. The molecule has 0 atom stereocenters. The Hall–Kier alpha value is -1.99. The molecule has 8 heteroatoms. The summed E-state index contributed by atoms with van der Waals surface area (Å²) in [6.45, 7) is 3.69. The van der Waals surface area contributed by atoms with Crippen molar-refractivity contribution in [3.63, 3.8) is 0 Å². The molecule has 148 valence electrons. The molecule has 5 rings (SSSR count). The Morgan fingerprint density at radius 1 is 1.32 bits per heavy atom. The van der Waals surface area contributed by atoms with Crippen LogP contribution < -0.4 is 10.1 Å². The van der Waals surface area contributed by atoms with Crippen LogP contribution in [0.3, 0.4) is 0 Å². The third kappa shape index (κ3) is 3.53. The standard InChI is InChI=1S/C20H20ClFN2O3S/c1-11-12(2)28-18(23-11)16(25)6-19-8-20(9-19,10-19)24-17(26)7-27-13-3-4-14(21)15(22)5-13/h3-5H,6-10H2,1-2H3,(H,24,26). The molecular formula is C20H20ClFN2O3S. The van der Waals surface area contributed by atoms with E-state index in [-0.39, 0.29) is 40.0 Å². The number of rotatable bonds is 7. The number of aryl methyl sites for hydroxylation is 2. The first-order valence-electron chi connectivity index (χ1n) is 9.05. The van der Waals surface area contributed by atoms with Crippen LogP contribution in [0.25, 0.3) is 0 Å². The summed E-state index contributed by atoms with van der Waals surface area (Å²) in [4.78, 5) is 30.1. The van der Waals surface area contributed by atoms with E-state index in [2.05, 4.69) is 10.3 Å². The summed E-state index contributed by atoms with van der Waals surface area (Å²) in [5, 5.41) is 3.59. The van der Waals surface area contributed by atoms with Crippen LogP contribution in [-0.2, 0) is 4.79 Å². The molecule has 3 fully saturated rings. The van der Waals surface area contributed by atoms with Crippen LogP contribution in [0.1, 0.15) is 46.1 Å². The van der Waals surface area contributed by atoms with Crippen LogP contribution >= 0.6 is 22.9 Å². The summed E-state index contributed by atoms with van der Waals surface area (Å²) < 4.78 is 18.7. The third-order valence-electron chi connectivity index (χ3n) is 5.61. The van der Waals surface area contributed by atoms with Gasteiger partial charge in [-0.2, -0.15) is 0 Å². The van der Waals surface area contributed by atoms with Crippen LogP contribution in [0.2, 0.25) is 5.02 Å². The predicted molar refractivity (Wildman–Crippen MR) is 105 cm³/mol. The van der Waals surface area contributed by atoms with Crippen molar-refractivity contribution in [2.75, 3.05) is 6.61 Å². The molecule has 1 heterocycles. The number of nitrogens with zero attached hydrogens (tertiary/aromatic N) is 1. The molecule has 3 saturated carbocycles. The van der Waals surface area contributed by atoms with Crippen molar-refractivity contribution < 1.29 is 18.7 Å². The molecule has 0 spiro atoms. The first kappa shape index (κ1) is 19.3. The minimum absolute atomic E-state index is 0.00198. The van der Waals surface area contributed by atoms with E-state index in [1.165, 1.54) is 23.5 Å². The molecule has 3 aliphatic rings. The number of aromatic nitrogens is 1. The highest BCUT2D eigenvalue weighted by Gasteiger charge is 2.68. The number of ether oxygens (including phenoxy) is 1. The van der Waals surface area contributed by atoms with Gasteiger partial charge in [0, 0.05) is 22.9 Å². The van der Waals surface area contributed by atoms with Crippen LogP contribution in [0.4, 0.5) is 4.39 Å². The van der Waals surface area contributed by atoms with E-state index in [1.54, 1.807) is 0 Å². The lowest BCUT2D eigenvalue weighted by Crippen LogP contribution is -2.75. The second-order valence-electron chi connectivity index (χ2n) is 7.98. The lowest BCUT2D eigenvalue weighted by molar-refractivity contribution is -0.164. The van der Waals surface area contributed by atoms with Gasteiger partial charge in [0.1, 0.15) is 11.6 Å². The quantitative estimate of drug-likeness (QED) is 0.677. The minimum Gasteiger partial charge on any atom is -0.484 e. The van der Waals surface area contributed by atoms with Gasteiger partial charge in [-0.3, -0.25) is 9.59 Å². The number of carbonyl (C=O) groups excluding carboxylic acids is 2. The number of benzene rings is 1. The zero-order valence-electron chi connectivity index (χ0n) is 15.6. The first-order valence-corrected chi connectivity index (χ1v) is 10.2. The van der Waals surface area contributed by atoms with Gasteiger partial charge >= 0.3 is 0 Å². The molecular weight excluding hydrogens is 403 g/mol. The number of carbonyl (C=O) groups is 2. The fourth-order valence-electron chi connectivity index (χ4n) is 4.37. The maximum absolute atomic E-state index is 13.4. The SMILES string of the molecule is Cc1nc(C(=O)CC23CC(NC(=O)COc4ccc(Cl)c(F)c4)(C2)C3)sc1C. The second kappa shape index (κ2) is 6.81. The van der Waals surface area contributed by atoms with Gasteiger partial charge in [-0.25, -0.2) is 9.37 Å². The Bertz CT molecular complexity index is 935. The number of amides is 1. The zero-order chi connectivity index (χ0) is 20.1. The molecule has 0 aliphatic heterocycles. The monoisotopic (exact) mass is 422 g/mol. The van der Waals surface area contributed by atoms with E-state index < -0.39 is 5.82 Å². The number of hydrogen-bond acceptors (Lipinski definition) is 5. The van der Waals surface area contributed by atoms with Crippen LogP contribution in [0, 0.1) is 25.1 Å². The van der Waals surface area contributed by atoms with E-state index in [0.717, 1.165) is 35.9 Å². The van der Waals surface area contributed by atoms with E-state index in [9.17, 15) is 14.0 Å². The van der Waals surface area contributed by atoms with E-state index in [4.69, 9.17) is 16.3 Å². The number of halogens is 2. The fraction of sp³-hybridized carbons (Fsp3) is 0.450. The average Bonchev–Trinajstić information content (AvgIpc) is 2.92. The van der Waals surface area contributed by atoms with Crippen molar-refractivity contribution >= 4 is 34.6 Å². The molecule has 1 N–H and O–H groups in total. The molecule has 0 saturated heterocycles. The molecule has 5 nitrogen and oxygen atoms in total. The van der Waals surface area contributed by atoms with Crippen LogP contribution in [0.15, 0.2) is 18.2 Å². The highest BCUT2D eigenvalue weighted by atomic mass is 35.5. The molecule has 1 amide bonds. The highest BCUT2D eigenvalue weighted by molar-refractivity contribution is 7.13. The van der Waals surface area contributed by atoms with Gasteiger partial charge in [0.25, 0.3) is 5.91 Å². The van der Waals surface area contributed by atoms with Crippen molar-refractivity contribution in [1.29, 1.82) is 0 Å². The number of thiazole rings is 1. The predicted octanol–water partition coefficient (Wildman–Crippen LogP) is 4.24. The maximum Gasteiger partial charge on any atom is 0.258 e. The van der Waals surface area contributed by atoms with Gasteiger partial charge in [-0.1, -0.05) is 11.6 Å². The summed E-state index contributed by atoms with van der Waals surface area (Å²) >= 11 is 7.07. The number of nitrogens with one attached hydrogen (secondary N) is 1. The van der Waals surface area contributed by atoms with Gasteiger partial charge < -0.3 is 10.1 Å². The number of Topliss-reactive ketones (excluding diaryl/α,β-unsaturated/α-hetero) is 1. The lowest BCUT2D eigenvalue weighted by Gasteiger charge is -2.70. The molecule has 28 heavy (non-hydrogen) atoms. The fourth-order valence-corrected chi connectivity index (χ4v) is 5.34. The highest BCUT2D eigenvalue weighted by Crippen LogP contribution is 2.69. The number of ketones is 1. The normalized spacial score (nSPS) is 24.9. The Labute approximate surface area is 171 Å². The van der Waals surface area contributed by atoms with Gasteiger partial charge in [0.2, 0.25) is 0 Å². The van der Waals surface area contributed by atoms with Crippen LogP contribution in [-0.4, -0.2) is 28.8 Å². The van der Waals surface area contributed by atoms with Crippen molar-refractivity contribution in [2.45, 2.75) is 45.1 Å². The average molecular weight is 423 g/mol. The summed E-state index contributed by atoms with van der Waals surface area (Å²) in [7, 11) is 0. The Balaban J connectivity index is 1.24. The smallest absolute Gasteiger partial charge is 0.258 e. The Morgan fingerprint density at radius 3 is 2.64 bits per heavy atom. The topological polar surface area (TPSA) is 68.3 Å². The minimum atomic E-state index is -0.587. The van der Waals surface area contributed by atoms with Crippen molar-refractivity contribution in [3.8, 4) is 5.75 Å². The summed E-state index contributed by atoms with van der Waals surface area (Å²) in [5.74, 6) is -0.489. The molecule has 2 bridgehead atoms. The zero-order valence-corrected chi connectivity index (χ0v) is 17.2. The Kier molecular flexibility index (Phi) is 4.70. The largest absolute Gasteiger partial charge is 0.484 e. The van der Waals surface area contributed by atoms with Gasteiger partial charge in [-0.15, -0.1) is 11.3 Å². The molecule has 2 aromatic rings. The summed E-state index contributed by atoms with van der Waals surface area (Å²) in [6, 6.07) is 4.05. The van der Waals surface area contributed by atoms with Crippen molar-refractivity contribution in [1.82, 2.24) is 10.3 Å². The van der Waals surface area contributed by atoms with Crippen LogP contribution in [0.5, 0.6) is 5.75 Å². The molecule has 3 aliphatic carbocycles. The van der Waals surface area contributed by atoms with Crippen molar-refractivity contribution in [2.24, 2.45) is 5.41 Å². The van der Waals surface area contributed by atoms with Crippen molar-refractivity contribution in [3.05, 3.63) is 44.6 Å². The molecule has 1 aromatic carbocycles. The van der Waals surface area contributed by atoms with Gasteiger partial charge in [0.05, 0.1) is 10.7 Å². The van der Waals surface area contributed by atoms with Gasteiger partial charge in [-0.05, 0) is 50.7 Å². The summed E-state index contributed by atoms with van der Waals surface area (Å²) in [5.41, 5.74) is 0.689. The third-order valence-corrected chi connectivity index (χ3v) is 7.03. The van der Waals surface area contributed by atoms with Gasteiger partial charge in [0.15, 0.2) is 17.4 Å². The first-order chi connectivity index (χ1) is 13.2. The molecule has 1 aromatic heterocycles. The Morgan fingerprint density at radius 2 is 2.04 bits per heavy atom. The van der Waals surface area contributed by atoms with E-state index in [0.29, 0.717) is 11.4 Å². The summed E-state index contributed by atoms with van der Waals surface area (Å²) in [6.07, 6.45) is 2.89. The second-order valence-corrected chi connectivity index (χ2v) is 9.59. The number of hydrogen-bond donors (Lipinski definition) is 1. The molecule has 0 radical (unpaired) electrons. The van der Waals surface area contributed by atoms with E-state index >= 15 is 0 Å². The lowest BCUT2D eigenvalue weighted by atomic mass is 9.38. The van der Waals surface area contributed by atoms with E-state index in [1.807, 2.05) is 13.8 Å².